The van der Waals surface area contributed by atoms with Crippen LogP contribution in [0, 0.1) is 0 Å². The lowest BCUT2D eigenvalue weighted by Crippen LogP contribution is -2.30. The zero-order chi connectivity index (χ0) is 9.78. The Morgan fingerprint density at radius 3 is 2.25 bits per heavy atom. The summed E-state index contributed by atoms with van der Waals surface area (Å²) in [4.78, 5) is 0. The van der Waals surface area contributed by atoms with Gasteiger partial charge in [0, 0.05) is 0 Å². The fraction of sp³-hybridized carbons (Fsp3) is 1.00. The van der Waals surface area contributed by atoms with Crippen LogP contribution in [-0.4, -0.2) is 29.6 Å². The zero-order valence-corrected chi connectivity index (χ0v) is 7.79. The number of hydrogen-bond acceptors (Lipinski definition) is 4. The topological polar surface area (TPSA) is 101 Å². The molecule has 0 rings (SSSR count). The lowest BCUT2D eigenvalue weighted by atomic mass is 10.1. The highest BCUT2D eigenvalue weighted by molar-refractivity contribution is 7.86. The molecule has 2 atom stereocenters. The zero-order valence-electron chi connectivity index (χ0n) is 6.97. The van der Waals surface area contributed by atoms with Crippen molar-refractivity contribution in [2.45, 2.75) is 37.7 Å². The van der Waals surface area contributed by atoms with Gasteiger partial charge in [0.25, 0.3) is 10.1 Å². The molecular formula is C6H15NO4S. The predicted molar refractivity (Wildman–Crippen MR) is 45.1 cm³/mol. The third-order valence-electron chi connectivity index (χ3n) is 1.64. The van der Waals surface area contributed by atoms with Crippen molar-refractivity contribution in [3.8, 4) is 0 Å². The van der Waals surface area contributed by atoms with E-state index < -0.39 is 21.6 Å². The van der Waals surface area contributed by atoms with E-state index in [0.717, 1.165) is 0 Å². The van der Waals surface area contributed by atoms with Crippen molar-refractivity contribution in [3.63, 3.8) is 0 Å². The molecule has 0 amide bonds. The van der Waals surface area contributed by atoms with Crippen molar-refractivity contribution < 1.29 is 18.1 Å². The standard InChI is InChI=1S/C6H15NO4S/c1-2-5(8)3-4-6(7)12(9,10)11/h5-6,8H,2-4,7H2,1H3,(H,9,10,11)/t5-,6?/m1/s1. The average molecular weight is 197 g/mol. The first-order chi connectivity index (χ1) is 5.38. The monoisotopic (exact) mass is 197 g/mol. The summed E-state index contributed by atoms with van der Waals surface area (Å²) in [6, 6.07) is 0. The summed E-state index contributed by atoms with van der Waals surface area (Å²) in [6.45, 7) is 1.78. The van der Waals surface area contributed by atoms with Gasteiger partial charge in [-0.05, 0) is 19.3 Å². The molecule has 0 saturated carbocycles. The molecular weight excluding hydrogens is 182 g/mol. The first kappa shape index (κ1) is 11.8. The van der Waals surface area contributed by atoms with E-state index in [2.05, 4.69) is 0 Å². The molecule has 0 bridgehead atoms. The maximum atomic E-state index is 10.4. The smallest absolute Gasteiger partial charge is 0.280 e. The molecule has 6 heteroatoms. The summed E-state index contributed by atoms with van der Waals surface area (Å²) in [5.74, 6) is 0. The minimum absolute atomic E-state index is 0.0772. The van der Waals surface area contributed by atoms with E-state index >= 15 is 0 Å². The summed E-state index contributed by atoms with van der Waals surface area (Å²) in [5, 5.41) is 7.76. The van der Waals surface area contributed by atoms with Gasteiger partial charge < -0.3 is 10.8 Å². The summed E-state index contributed by atoms with van der Waals surface area (Å²) in [6.07, 6.45) is 0.376. The second-order valence-corrected chi connectivity index (χ2v) is 4.33. The number of hydrogen-bond donors (Lipinski definition) is 3. The van der Waals surface area contributed by atoms with E-state index in [4.69, 9.17) is 15.4 Å². The molecule has 0 fully saturated rings. The second-order valence-electron chi connectivity index (χ2n) is 2.69. The molecule has 0 aliphatic carbocycles. The Bertz CT molecular complexity index is 214. The molecule has 0 aromatic carbocycles. The fourth-order valence-electron chi connectivity index (χ4n) is 0.710. The Kier molecular flexibility index (Phi) is 4.69. The molecule has 74 valence electrons. The Balaban J connectivity index is 3.80. The van der Waals surface area contributed by atoms with Crippen LogP contribution in [-0.2, 0) is 10.1 Å². The molecule has 0 radical (unpaired) electrons. The molecule has 0 spiro atoms. The first-order valence-corrected chi connectivity index (χ1v) is 5.28. The number of rotatable bonds is 5. The van der Waals surface area contributed by atoms with Gasteiger partial charge in [0.05, 0.1) is 6.10 Å². The SMILES string of the molecule is CC[C@@H](O)CCC(N)S(=O)(=O)O. The lowest BCUT2D eigenvalue weighted by Gasteiger charge is -2.10. The third kappa shape index (κ3) is 4.66. The Morgan fingerprint density at radius 2 is 1.92 bits per heavy atom. The summed E-state index contributed by atoms with van der Waals surface area (Å²) < 4.78 is 29.2. The number of nitrogens with two attached hydrogens (primary N) is 1. The van der Waals surface area contributed by atoms with E-state index in [1.807, 2.05) is 0 Å². The van der Waals surface area contributed by atoms with Crippen LogP contribution in [0.5, 0.6) is 0 Å². The summed E-state index contributed by atoms with van der Waals surface area (Å²) >= 11 is 0. The highest BCUT2D eigenvalue weighted by Crippen LogP contribution is 2.06. The van der Waals surface area contributed by atoms with Gasteiger partial charge in [-0.2, -0.15) is 8.42 Å². The highest BCUT2D eigenvalue weighted by Gasteiger charge is 2.18. The van der Waals surface area contributed by atoms with Gasteiger partial charge in [-0.1, -0.05) is 6.92 Å². The van der Waals surface area contributed by atoms with Crippen molar-refractivity contribution in [1.82, 2.24) is 0 Å². The van der Waals surface area contributed by atoms with Crippen LogP contribution in [0.1, 0.15) is 26.2 Å². The van der Waals surface area contributed by atoms with Gasteiger partial charge >= 0.3 is 0 Å². The second kappa shape index (κ2) is 4.76. The Hall–Kier alpha value is -0.170. The fourth-order valence-corrected chi connectivity index (χ4v) is 1.14. The lowest BCUT2D eigenvalue weighted by molar-refractivity contribution is 0.157. The van der Waals surface area contributed by atoms with E-state index in [0.29, 0.717) is 6.42 Å². The minimum atomic E-state index is -4.14. The summed E-state index contributed by atoms with van der Waals surface area (Å²) in [5.41, 5.74) is 5.10. The molecule has 0 aliphatic rings. The maximum absolute atomic E-state index is 10.4. The molecule has 0 aliphatic heterocycles. The van der Waals surface area contributed by atoms with Crippen LogP contribution in [0.3, 0.4) is 0 Å². The van der Waals surface area contributed by atoms with Crippen LogP contribution in [0.2, 0.25) is 0 Å². The average Bonchev–Trinajstić information content (AvgIpc) is 1.97. The quantitative estimate of drug-likeness (QED) is 0.526. The molecule has 0 aromatic heterocycles. The Labute approximate surface area is 72.3 Å². The van der Waals surface area contributed by atoms with Crippen LogP contribution in [0.15, 0.2) is 0 Å². The Morgan fingerprint density at radius 1 is 1.42 bits per heavy atom. The highest BCUT2D eigenvalue weighted by atomic mass is 32.2. The third-order valence-corrected chi connectivity index (χ3v) is 2.64. The van der Waals surface area contributed by atoms with Gasteiger partial charge in [0.15, 0.2) is 0 Å². The van der Waals surface area contributed by atoms with Crippen LogP contribution in [0.25, 0.3) is 0 Å². The first-order valence-electron chi connectivity index (χ1n) is 3.77. The number of aliphatic hydroxyl groups excluding tert-OH is 1. The van der Waals surface area contributed by atoms with E-state index in [-0.39, 0.29) is 12.8 Å². The number of aliphatic hydroxyl groups is 1. The van der Waals surface area contributed by atoms with E-state index in [9.17, 15) is 8.42 Å². The largest absolute Gasteiger partial charge is 0.393 e. The van der Waals surface area contributed by atoms with Gasteiger partial charge in [0.1, 0.15) is 5.37 Å². The van der Waals surface area contributed by atoms with Gasteiger partial charge in [-0.15, -0.1) is 0 Å². The molecule has 4 N–H and O–H groups in total. The van der Waals surface area contributed by atoms with Crippen molar-refractivity contribution in [1.29, 1.82) is 0 Å². The molecule has 0 saturated heterocycles. The van der Waals surface area contributed by atoms with Crippen LogP contribution < -0.4 is 5.73 Å². The van der Waals surface area contributed by atoms with Crippen molar-refractivity contribution in [2.75, 3.05) is 0 Å². The maximum Gasteiger partial charge on any atom is 0.280 e. The molecule has 5 nitrogen and oxygen atoms in total. The summed E-state index contributed by atoms with van der Waals surface area (Å²) in [7, 11) is -4.14. The molecule has 1 unspecified atom stereocenters. The van der Waals surface area contributed by atoms with E-state index in [1.54, 1.807) is 6.92 Å². The van der Waals surface area contributed by atoms with Crippen LogP contribution >= 0.6 is 0 Å². The van der Waals surface area contributed by atoms with Crippen molar-refractivity contribution in [2.24, 2.45) is 5.73 Å². The molecule has 0 heterocycles. The van der Waals surface area contributed by atoms with Gasteiger partial charge in [-0.25, -0.2) is 0 Å². The normalized spacial score (nSPS) is 17.3. The molecule has 0 aromatic rings. The minimum Gasteiger partial charge on any atom is -0.393 e. The van der Waals surface area contributed by atoms with Crippen LogP contribution in [0.4, 0.5) is 0 Å². The van der Waals surface area contributed by atoms with Gasteiger partial charge in [-0.3, -0.25) is 4.55 Å². The predicted octanol–water partition coefficient (Wildman–Crippen LogP) is -0.290. The van der Waals surface area contributed by atoms with E-state index in [1.165, 1.54) is 0 Å². The van der Waals surface area contributed by atoms with Crippen molar-refractivity contribution >= 4 is 10.1 Å². The molecule has 12 heavy (non-hydrogen) atoms. The van der Waals surface area contributed by atoms with Crippen molar-refractivity contribution in [3.05, 3.63) is 0 Å². The van der Waals surface area contributed by atoms with Gasteiger partial charge in [0.2, 0.25) is 0 Å².